The molecule has 0 aromatic heterocycles. The van der Waals surface area contributed by atoms with Gasteiger partial charge < -0.3 is 9.84 Å². The zero-order valence-corrected chi connectivity index (χ0v) is 15.1. The van der Waals surface area contributed by atoms with E-state index in [0.717, 1.165) is 4.90 Å². The zero-order valence-electron chi connectivity index (χ0n) is 14.2. The predicted octanol–water partition coefficient (Wildman–Crippen LogP) is 1.18. The Labute approximate surface area is 155 Å². The number of aliphatic hydroxyl groups excluding tert-OH is 1. The van der Waals surface area contributed by atoms with Gasteiger partial charge in [0.2, 0.25) is 10.0 Å². The van der Waals surface area contributed by atoms with Crippen LogP contribution in [-0.2, 0) is 26.2 Å². The van der Waals surface area contributed by atoms with E-state index in [4.69, 9.17) is 9.88 Å². The highest BCUT2D eigenvalue weighted by molar-refractivity contribution is 7.89. The van der Waals surface area contributed by atoms with Crippen LogP contribution in [0.25, 0.3) is 5.57 Å². The third-order valence-corrected chi connectivity index (χ3v) is 5.04. The van der Waals surface area contributed by atoms with E-state index >= 15 is 0 Å². The Morgan fingerprint density at radius 2 is 1.67 bits per heavy atom. The summed E-state index contributed by atoms with van der Waals surface area (Å²) in [6, 6.07) is 12.0. The number of carbonyl (C=O) groups excluding carboxylic acids is 2. The number of ether oxygens (including phenoxy) is 1. The van der Waals surface area contributed by atoms with E-state index < -0.39 is 27.6 Å². The molecule has 2 amide bonds. The van der Waals surface area contributed by atoms with Crippen molar-refractivity contribution in [3.8, 4) is 5.75 Å². The molecular weight excluding hydrogens is 372 g/mol. The Bertz CT molecular complexity index is 1060. The maximum Gasteiger partial charge on any atom is 0.296 e. The van der Waals surface area contributed by atoms with Crippen molar-refractivity contribution in [3.05, 3.63) is 65.4 Å². The molecule has 1 aliphatic rings. The molecule has 0 atom stereocenters. The van der Waals surface area contributed by atoms with Crippen LogP contribution in [0.5, 0.6) is 5.75 Å². The lowest BCUT2D eigenvalue weighted by Crippen LogP contribution is -2.31. The first-order valence-corrected chi connectivity index (χ1v) is 9.33. The lowest BCUT2D eigenvalue weighted by atomic mass is 10.0. The maximum absolute atomic E-state index is 12.7. The van der Waals surface area contributed by atoms with Gasteiger partial charge in [-0.05, 0) is 23.8 Å². The zero-order chi connectivity index (χ0) is 19.8. The van der Waals surface area contributed by atoms with Crippen molar-refractivity contribution in [1.29, 1.82) is 0 Å². The smallest absolute Gasteiger partial charge is 0.296 e. The third kappa shape index (κ3) is 3.42. The molecule has 9 heteroatoms. The van der Waals surface area contributed by atoms with Gasteiger partial charge in [0.15, 0.2) is 5.76 Å². The van der Waals surface area contributed by atoms with Crippen molar-refractivity contribution in [2.45, 2.75) is 11.4 Å². The van der Waals surface area contributed by atoms with E-state index in [1.807, 2.05) is 0 Å². The molecule has 140 valence electrons. The summed E-state index contributed by atoms with van der Waals surface area (Å²) in [6.45, 7) is -0.134. The summed E-state index contributed by atoms with van der Waals surface area (Å²) >= 11 is 0. The number of carbonyl (C=O) groups is 2. The van der Waals surface area contributed by atoms with Gasteiger partial charge in [-0.3, -0.25) is 14.5 Å². The first-order valence-electron chi connectivity index (χ1n) is 7.78. The number of amides is 2. The maximum atomic E-state index is 12.7. The minimum Gasteiger partial charge on any atom is -0.502 e. The molecule has 8 nitrogen and oxygen atoms in total. The Balaban J connectivity index is 1.90. The van der Waals surface area contributed by atoms with E-state index in [9.17, 15) is 23.1 Å². The molecule has 0 bridgehead atoms. The van der Waals surface area contributed by atoms with Crippen LogP contribution in [0.4, 0.5) is 0 Å². The Morgan fingerprint density at radius 3 is 2.26 bits per heavy atom. The van der Waals surface area contributed by atoms with Gasteiger partial charge in [-0.1, -0.05) is 30.3 Å². The van der Waals surface area contributed by atoms with Gasteiger partial charge in [-0.25, -0.2) is 13.6 Å². The van der Waals surface area contributed by atoms with E-state index in [-0.39, 0.29) is 17.0 Å². The van der Waals surface area contributed by atoms with Gasteiger partial charge in [0.1, 0.15) is 5.75 Å². The second kappa shape index (κ2) is 6.86. The fourth-order valence-corrected chi connectivity index (χ4v) is 3.28. The summed E-state index contributed by atoms with van der Waals surface area (Å²) in [5.74, 6) is -1.82. The van der Waals surface area contributed by atoms with Crippen molar-refractivity contribution < 1.29 is 27.9 Å². The van der Waals surface area contributed by atoms with Crippen LogP contribution < -0.4 is 9.88 Å². The number of imide groups is 1. The summed E-state index contributed by atoms with van der Waals surface area (Å²) in [5.41, 5.74) is 0.666. The van der Waals surface area contributed by atoms with E-state index in [2.05, 4.69) is 0 Å². The van der Waals surface area contributed by atoms with Gasteiger partial charge in [0, 0.05) is 5.56 Å². The van der Waals surface area contributed by atoms with Gasteiger partial charge in [-0.2, -0.15) is 0 Å². The van der Waals surface area contributed by atoms with Crippen LogP contribution in [0.2, 0.25) is 0 Å². The normalized spacial score (nSPS) is 14.8. The van der Waals surface area contributed by atoms with Crippen molar-refractivity contribution >= 4 is 27.4 Å². The topological polar surface area (TPSA) is 127 Å². The average Bonchev–Trinajstić information content (AvgIpc) is 2.85. The van der Waals surface area contributed by atoms with Crippen molar-refractivity contribution in [2.75, 3.05) is 7.11 Å². The standard InChI is InChI=1S/C18H16N2O6S/c1-26-14-5-3-2-4-13(14)15-16(21)18(23)20(17(15)22)10-11-6-8-12(9-7-11)27(19,24)25/h2-9,21H,10H2,1H3,(H2,19,24,25). The van der Waals surface area contributed by atoms with Crippen LogP contribution >= 0.6 is 0 Å². The second-order valence-electron chi connectivity index (χ2n) is 5.81. The summed E-state index contributed by atoms with van der Waals surface area (Å²) in [4.78, 5) is 25.9. The summed E-state index contributed by atoms with van der Waals surface area (Å²) in [6.07, 6.45) is 0. The SMILES string of the molecule is COc1ccccc1C1=C(O)C(=O)N(Cc2ccc(S(N)(=O)=O)cc2)C1=O. The molecule has 1 aliphatic heterocycles. The molecule has 2 aromatic rings. The van der Waals surface area contributed by atoms with Crippen LogP contribution in [0.3, 0.4) is 0 Å². The molecule has 3 N–H and O–H groups in total. The number of hydrogen-bond donors (Lipinski definition) is 2. The molecule has 27 heavy (non-hydrogen) atoms. The summed E-state index contributed by atoms with van der Waals surface area (Å²) in [7, 11) is -2.42. The van der Waals surface area contributed by atoms with Gasteiger partial charge in [0.25, 0.3) is 11.8 Å². The Hall–Kier alpha value is -3.17. The van der Waals surface area contributed by atoms with Crippen molar-refractivity contribution in [3.63, 3.8) is 0 Å². The third-order valence-electron chi connectivity index (χ3n) is 4.11. The quantitative estimate of drug-likeness (QED) is 0.741. The first-order chi connectivity index (χ1) is 12.7. The van der Waals surface area contributed by atoms with E-state index in [1.165, 1.54) is 31.4 Å². The number of para-hydroxylation sites is 1. The van der Waals surface area contributed by atoms with Crippen LogP contribution in [-0.4, -0.2) is 37.3 Å². The molecule has 0 unspecified atom stereocenters. The largest absolute Gasteiger partial charge is 0.502 e. The summed E-state index contributed by atoms with van der Waals surface area (Å²) < 4.78 is 27.8. The van der Waals surface area contributed by atoms with Crippen LogP contribution in [0.1, 0.15) is 11.1 Å². The highest BCUT2D eigenvalue weighted by Gasteiger charge is 2.40. The number of hydrogen-bond acceptors (Lipinski definition) is 6. The monoisotopic (exact) mass is 388 g/mol. The van der Waals surface area contributed by atoms with E-state index in [1.54, 1.807) is 24.3 Å². The van der Waals surface area contributed by atoms with Gasteiger partial charge >= 0.3 is 0 Å². The lowest BCUT2D eigenvalue weighted by Gasteiger charge is -2.15. The van der Waals surface area contributed by atoms with Crippen molar-refractivity contribution in [1.82, 2.24) is 4.90 Å². The first kappa shape index (κ1) is 18.6. The van der Waals surface area contributed by atoms with Crippen LogP contribution in [0, 0.1) is 0 Å². The fraction of sp³-hybridized carbons (Fsp3) is 0.111. The number of primary sulfonamides is 1. The molecule has 1 heterocycles. The number of benzene rings is 2. The number of methoxy groups -OCH3 is 1. The highest BCUT2D eigenvalue weighted by atomic mass is 32.2. The summed E-state index contributed by atoms with van der Waals surface area (Å²) in [5, 5.41) is 15.3. The molecule has 3 rings (SSSR count). The lowest BCUT2D eigenvalue weighted by molar-refractivity contribution is -0.138. The molecule has 0 aliphatic carbocycles. The molecular formula is C18H16N2O6S. The minimum atomic E-state index is -3.84. The highest BCUT2D eigenvalue weighted by Crippen LogP contribution is 2.34. The second-order valence-corrected chi connectivity index (χ2v) is 7.37. The molecule has 0 radical (unpaired) electrons. The van der Waals surface area contributed by atoms with Gasteiger partial charge in [0.05, 0.1) is 24.1 Å². The number of sulfonamides is 1. The minimum absolute atomic E-state index is 0.0824. The molecule has 0 fully saturated rings. The number of rotatable bonds is 5. The molecule has 0 saturated carbocycles. The molecule has 0 saturated heterocycles. The number of aliphatic hydroxyl groups is 1. The van der Waals surface area contributed by atoms with Crippen molar-refractivity contribution in [2.24, 2.45) is 5.14 Å². The fourth-order valence-electron chi connectivity index (χ4n) is 2.77. The predicted molar refractivity (Wildman–Crippen MR) is 95.9 cm³/mol. The number of nitrogens with zero attached hydrogens (tertiary/aromatic N) is 1. The molecule has 0 spiro atoms. The molecule has 2 aromatic carbocycles. The Morgan fingerprint density at radius 1 is 1.04 bits per heavy atom. The number of nitrogens with two attached hydrogens (primary N) is 1. The van der Waals surface area contributed by atoms with E-state index in [0.29, 0.717) is 16.9 Å². The van der Waals surface area contributed by atoms with Gasteiger partial charge in [-0.15, -0.1) is 0 Å². The average molecular weight is 388 g/mol. The Kier molecular flexibility index (Phi) is 4.73. The van der Waals surface area contributed by atoms with Crippen LogP contribution in [0.15, 0.2) is 59.2 Å².